The van der Waals surface area contributed by atoms with Crippen molar-refractivity contribution in [2.75, 3.05) is 18.5 Å². The van der Waals surface area contributed by atoms with Gasteiger partial charge in [0.2, 0.25) is 5.91 Å². The molecule has 0 aromatic heterocycles. The summed E-state index contributed by atoms with van der Waals surface area (Å²) >= 11 is 0. The lowest BCUT2D eigenvalue weighted by Crippen LogP contribution is -2.48. The summed E-state index contributed by atoms with van der Waals surface area (Å²) in [5.41, 5.74) is -0.949. The van der Waals surface area contributed by atoms with E-state index in [1.165, 1.54) is 6.07 Å². The molecule has 1 aliphatic rings. The van der Waals surface area contributed by atoms with Crippen molar-refractivity contribution < 1.29 is 27.5 Å². The fraction of sp³-hybridized carbons (Fsp3) is 0.467. The van der Waals surface area contributed by atoms with Crippen molar-refractivity contribution in [1.82, 2.24) is 10.6 Å². The van der Waals surface area contributed by atoms with Crippen LogP contribution in [0.3, 0.4) is 0 Å². The predicted molar refractivity (Wildman–Crippen MR) is 80.8 cm³/mol. The second kappa shape index (κ2) is 7.41. The predicted octanol–water partition coefficient (Wildman–Crippen LogP) is 2.50. The van der Waals surface area contributed by atoms with E-state index >= 15 is 0 Å². The number of alkyl halides is 3. The molecule has 0 radical (unpaired) electrons. The Hall–Kier alpha value is -2.45. The van der Waals surface area contributed by atoms with Crippen molar-refractivity contribution in [1.29, 1.82) is 0 Å². The molecule has 2 rings (SSSR count). The second-order valence-electron chi connectivity index (χ2n) is 5.28. The van der Waals surface area contributed by atoms with E-state index in [-0.39, 0.29) is 36.5 Å². The van der Waals surface area contributed by atoms with E-state index in [4.69, 9.17) is 4.74 Å². The highest BCUT2D eigenvalue weighted by Gasteiger charge is 2.31. The number of benzene rings is 1. The molecule has 132 valence electrons. The number of hydrogen-bond acceptors (Lipinski definition) is 3. The van der Waals surface area contributed by atoms with Gasteiger partial charge in [-0.2, -0.15) is 13.2 Å². The van der Waals surface area contributed by atoms with Gasteiger partial charge in [-0.1, -0.05) is 0 Å². The number of nitrogens with one attached hydrogen (secondary N) is 3. The first-order chi connectivity index (χ1) is 11.3. The molecular formula is C15H18F3N3O3. The van der Waals surface area contributed by atoms with Gasteiger partial charge in [-0.3, -0.25) is 4.79 Å². The third kappa shape index (κ3) is 4.77. The Kier molecular flexibility index (Phi) is 5.53. The molecule has 1 heterocycles. The number of amides is 3. The first-order valence-corrected chi connectivity index (χ1v) is 7.48. The maximum atomic E-state index is 12.8. The summed E-state index contributed by atoms with van der Waals surface area (Å²) in [6.45, 7) is 2.22. The van der Waals surface area contributed by atoms with Crippen LogP contribution in [0.5, 0.6) is 5.75 Å². The van der Waals surface area contributed by atoms with Crippen molar-refractivity contribution in [3.63, 3.8) is 0 Å². The smallest absolute Gasteiger partial charge is 0.416 e. The van der Waals surface area contributed by atoms with Gasteiger partial charge in [-0.15, -0.1) is 0 Å². The van der Waals surface area contributed by atoms with Crippen molar-refractivity contribution in [3.8, 4) is 5.75 Å². The minimum Gasteiger partial charge on any atom is -0.492 e. The number of rotatable bonds is 4. The van der Waals surface area contributed by atoms with Crippen LogP contribution in [0.2, 0.25) is 0 Å². The van der Waals surface area contributed by atoms with Crippen molar-refractivity contribution in [2.24, 2.45) is 0 Å². The van der Waals surface area contributed by atoms with Crippen molar-refractivity contribution in [2.45, 2.75) is 32.0 Å². The first kappa shape index (κ1) is 17.9. The maximum Gasteiger partial charge on any atom is 0.416 e. The van der Waals surface area contributed by atoms with Gasteiger partial charge in [0.1, 0.15) is 5.75 Å². The Bertz CT molecular complexity index is 610. The second-order valence-corrected chi connectivity index (χ2v) is 5.28. The van der Waals surface area contributed by atoms with Crippen LogP contribution in [0.25, 0.3) is 0 Å². The van der Waals surface area contributed by atoms with Gasteiger partial charge in [0, 0.05) is 19.0 Å². The molecule has 0 aliphatic carbocycles. The quantitative estimate of drug-likeness (QED) is 0.784. The van der Waals surface area contributed by atoms with E-state index in [9.17, 15) is 22.8 Å². The molecule has 3 amide bonds. The summed E-state index contributed by atoms with van der Waals surface area (Å²) in [6.07, 6.45) is -3.76. The van der Waals surface area contributed by atoms with Gasteiger partial charge in [0.05, 0.1) is 17.9 Å². The zero-order chi connectivity index (χ0) is 17.7. The lowest BCUT2D eigenvalue weighted by atomic mass is 10.1. The van der Waals surface area contributed by atoms with Gasteiger partial charge in [0.15, 0.2) is 0 Å². The Morgan fingerprint density at radius 3 is 2.75 bits per heavy atom. The number of carbonyl (C=O) groups excluding carboxylic acids is 2. The molecule has 0 bridgehead atoms. The highest BCUT2D eigenvalue weighted by atomic mass is 19.4. The standard InChI is InChI=1S/C15H18F3N3O3/c1-2-24-12-5-3-9(15(16,17)18)7-11(12)21-14(23)20-10-4-6-13(22)19-8-10/h3,5,7,10H,2,4,6,8H2,1H3,(H,19,22)(H2,20,21,23)/t10-/m1/s1. The molecule has 1 aromatic carbocycles. The molecule has 0 unspecified atom stereocenters. The summed E-state index contributed by atoms with van der Waals surface area (Å²) in [5.74, 6) is 0.0579. The normalized spacial score (nSPS) is 17.8. The highest BCUT2D eigenvalue weighted by molar-refractivity contribution is 5.91. The van der Waals surface area contributed by atoms with Crippen LogP contribution in [0.4, 0.5) is 23.7 Å². The van der Waals surface area contributed by atoms with Crippen LogP contribution in [0, 0.1) is 0 Å². The molecule has 1 saturated heterocycles. The van der Waals surface area contributed by atoms with E-state index in [0.717, 1.165) is 12.1 Å². The minimum atomic E-state index is -4.52. The van der Waals surface area contributed by atoms with Gasteiger partial charge >= 0.3 is 12.2 Å². The van der Waals surface area contributed by atoms with E-state index in [0.29, 0.717) is 12.8 Å². The molecule has 24 heavy (non-hydrogen) atoms. The lowest BCUT2D eigenvalue weighted by Gasteiger charge is -2.24. The fourth-order valence-electron chi connectivity index (χ4n) is 2.29. The van der Waals surface area contributed by atoms with Crippen LogP contribution >= 0.6 is 0 Å². The third-order valence-electron chi connectivity index (χ3n) is 3.46. The summed E-state index contributed by atoms with van der Waals surface area (Å²) in [6, 6.07) is 1.96. The molecule has 1 aromatic rings. The molecule has 6 nitrogen and oxygen atoms in total. The number of anilines is 1. The first-order valence-electron chi connectivity index (χ1n) is 7.48. The molecule has 3 N–H and O–H groups in total. The van der Waals surface area contributed by atoms with Crippen LogP contribution < -0.4 is 20.7 Å². The monoisotopic (exact) mass is 345 g/mol. The molecule has 0 spiro atoms. The van der Waals surface area contributed by atoms with E-state index < -0.39 is 17.8 Å². The maximum absolute atomic E-state index is 12.8. The third-order valence-corrected chi connectivity index (χ3v) is 3.46. The molecule has 1 fully saturated rings. The van der Waals surface area contributed by atoms with E-state index in [1.807, 2.05) is 0 Å². The average Bonchev–Trinajstić information content (AvgIpc) is 2.50. The fourth-order valence-corrected chi connectivity index (χ4v) is 2.29. The Balaban J connectivity index is 2.08. The topological polar surface area (TPSA) is 79.5 Å². The highest BCUT2D eigenvalue weighted by Crippen LogP contribution is 2.35. The van der Waals surface area contributed by atoms with Gasteiger partial charge in [-0.25, -0.2) is 4.79 Å². The summed E-state index contributed by atoms with van der Waals surface area (Å²) in [7, 11) is 0. The van der Waals surface area contributed by atoms with Crippen LogP contribution in [-0.4, -0.2) is 31.1 Å². The number of urea groups is 1. The SMILES string of the molecule is CCOc1ccc(C(F)(F)F)cc1NC(=O)N[C@@H]1CCC(=O)NC1. The molecular weight excluding hydrogens is 327 g/mol. The molecule has 1 atom stereocenters. The zero-order valence-corrected chi connectivity index (χ0v) is 13.0. The molecule has 1 aliphatic heterocycles. The number of carbonyl (C=O) groups is 2. The van der Waals surface area contributed by atoms with Crippen LogP contribution in [0.15, 0.2) is 18.2 Å². The largest absolute Gasteiger partial charge is 0.492 e. The average molecular weight is 345 g/mol. The van der Waals surface area contributed by atoms with Gasteiger partial charge in [0.25, 0.3) is 0 Å². The minimum absolute atomic E-state index is 0.0657. The Labute approximate surface area is 136 Å². The summed E-state index contributed by atoms with van der Waals surface area (Å²) < 4.78 is 43.7. The van der Waals surface area contributed by atoms with Crippen molar-refractivity contribution >= 4 is 17.6 Å². The zero-order valence-electron chi connectivity index (χ0n) is 13.0. The summed E-state index contributed by atoms with van der Waals surface area (Å²) in [5, 5.41) is 7.60. The van der Waals surface area contributed by atoms with Crippen LogP contribution in [0.1, 0.15) is 25.3 Å². The van der Waals surface area contributed by atoms with E-state index in [2.05, 4.69) is 16.0 Å². The van der Waals surface area contributed by atoms with Crippen LogP contribution in [-0.2, 0) is 11.0 Å². The number of hydrogen-bond donors (Lipinski definition) is 3. The number of piperidine rings is 1. The van der Waals surface area contributed by atoms with Gasteiger partial charge < -0.3 is 20.7 Å². The Morgan fingerprint density at radius 1 is 1.42 bits per heavy atom. The summed E-state index contributed by atoms with van der Waals surface area (Å²) in [4.78, 5) is 23.1. The van der Waals surface area contributed by atoms with Gasteiger partial charge in [-0.05, 0) is 31.5 Å². The number of ether oxygens (including phenoxy) is 1. The Morgan fingerprint density at radius 2 is 2.17 bits per heavy atom. The van der Waals surface area contributed by atoms with Crippen molar-refractivity contribution in [3.05, 3.63) is 23.8 Å². The number of halogens is 3. The molecule has 0 saturated carbocycles. The lowest BCUT2D eigenvalue weighted by molar-refractivity contribution is -0.137. The molecule has 9 heteroatoms. The van der Waals surface area contributed by atoms with E-state index in [1.54, 1.807) is 6.92 Å².